The zero-order chi connectivity index (χ0) is 25.1. The molecule has 8 rings (SSSR count). The van der Waals surface area contributed by atoms with Gasteiger partial charge in [-0.05, 0) is 54.1 Å². The fraction of sp³-hybridized carbons (Fsp3) is 0. The zero-order valence-corrected chi connectivity index (χ0v) is 21.2. The van der Waals surface area contributed by atoms with Crippen molar-refractivity contribution in [1.29, 1.82) is 0 Å². The van der Waals surface area contributed by atoms with Crippen molar-refractivity contribution in [3.63, 3.8) is 0 Å². The molecule has 0 unspecified atom stereocenters. The highest BCUT2D eigenvalue weighted by Crippen LogP contribution is 2.43. The SMILES string of the molecule is c1ccc(-c2ccc3c(n2)c2ccc4sc5ccccc5c4c2n3-c2cccc(-c3cccnc3)c2)cc1. The molecule has 0 aliphatic rings. The maximum Gasteiger partial charge on any atom is 0.0971 e. The Labute approximate surface area is 223 Å². The molecule has 0 N–H and O–H groups in total. The number of hydrogen-bond acceptors (Lipinski definition) is 3. The molecule has 4 heteroatoms. The average molecular weight is 504 g/mol. The molecule has 0 saturated carbocycles. The molecule has 178 valence electrons. The van der Waals surface area contributed by atoms with E-state index in [0.717, 1.165) is 39.1 Å². The summed E-state index contributed by atoms with van der Waals surface area (Å²) in [6, 6.07) is 40.8. The first-order valence-corrected chi connectivity index (χ1v) is 13.5. The lowest BCUT2D eigenvalue weighted by molar-refractivity contribution is 1.18. The summed E-state index contributed by atoms with van der Waals surface area (Å²) in [5.41, 5.74) is 8.79. The lowest BCUT2D eigenvalue weighted by Crippen LogP contribution is -1.95. The van der Waals surface area contributed by atoms with Gasteiger partial charge in [0.2, 0.25) is 0 Å². The van der Waals surface area contributed by atoms with E-state index in [1.165, 1.54) is 31.1 Å². The molecule has 4 heterocycles. The predicted molar refractivity (Wildman–Crippen MR) is 160 cm³/mol. The number of thiophene rings is 1. The molecule has 38 heavy (non-hydrogen) atoms. The maximum atomic E-state index is 5.24. The van der Waals surface area contributed by atoms with Gasteiger partial charge in [-0.15, -0.1) is 11.3 Å². The Balaban J connectivity index is 1.51. The molecule has 8 aromatic rings. The van der Waals surface area contributed by atoms with Gasteiger partial charge in [0, 0.05) is 54.8 Å². The summed E-state index contributed by atoms with van der Waals surface area (Å²) in [5.74, 6) is 0. The van der Waals surface area contributed by atoms with E-state index in [1.54, 1.807) is 0 Å². The summed E-state index contributed by atoms with van der Waals surface area (Å²) in [5, 5.41) is 3.74. The van der Waals surface area contributed by atoms with Crippen molar-refractivity contribution in [2.24, 2.45) is 0 Å². The minimum absolute atomic E-state index is 0.983. The summed E-state index contributed by atoms with van der Waals surface area (Å²) in [4.78, 5) is 9.59. The van der Waals surface area contributed by atoms with E-state index in [4.69, 9.17) is 4.98 Å². The quantitative estimate of drug-likeness (QED) is 0.240. The van der Waals surface area contributed by atoms with E-state index in [2.05, 4.69) is 113 Å². The van der Waals surface area contributed by atoms with Crippen molar-refractivity contribution in [3.05, 3.63) is 128 Å². The van der Waals surface area contributed by atoms with Crippen LogP contribution in [0.3, 0.4) is 0 Å². The van der Waals surface area contributed by atoms with E-state index in [1.807, 2.05) is 35.9 Å². The van der Waals surface area contributed by atoms with Crippen LogP contribution in [-0.4, -0.2) is 14.5 Å². The van der Waals surface area contributed by atoms with Crippen molar-refractivity contribution in [2.75, 3.05) is 0 Å². The van der Waals surface area contributed by atoms with E-state index < -0.39 is 0 Å². The first kappa shape index (κ1) is 21.3. The van der Waals surface area contributed by atoms with Crippen LogP contribution < -0.4 is 0 Å². The third-order valence-electron chi connectivity index (χ3n) is 7.28. The van der Waals surface area contributed by atoms with Crippen LogP contribution in [0.5, 0.6) is 0 Å². The van der Waals surface area contributed by atoms with Crippen LogP contribution in [0.25, 0.3) is 70.2 Å². The van der Waals surface area contributed by atoms with Crippen LogP contribution in [-0.2, 0) is 0 Å². The molecule has 0 bridgehead atoms. The second kappa shape index (κ2) is 8.37. The molecule has 0 fully saturated rings. The van der Waals surface area contributed by atoms with Crippen LogP contribution in [0.15, 0.2) is 128 Å². The Morgan fingerprint density at radius 2 is 1.45 bits per heavy atom. The Morgan fingerprint density at radius 1 is 0.605 bits per heavy atom. The van der Waals surface area contributed by atoms with Crippen molar-refractivity contribution < 1.29 is 0 Å². The Bertz CT molecular complexity index is 2120. The number of pyridine rings is 2. The van der Waals surface area contributed by atoms with Crippen molar-refractivity contribution in [2.45, 2.75) is 0 Å². The van der Waals surface area contributed by atoms with Crippen LogP contribution in [0, 0.1) is 0 Å². The largest absolute Gasteiger partial charge is 0.307 e. The first-order chi connectivity index (χ1) is 18.8. The summed E-state index contributed by atoms with van der Waals surface area (Å²) in [6.07, 6.45) is 3.73. The van der Waals surface area contributed by atoms with E-state index in [9.17, 15) is 0 Å². The van der Waals surface area contributed by atoms with Gasteiger partial charge in [0.15, 0.2) is 0 Å². The van der Waals surface area contributed by atoms with Gasteiger partial charge in [-0.25, -0.2) is 4.98 Å². The van der Waals surface area contributed by atoms with E-state index in [0.29, 0.717) is 0 Å². The van der Waals surface area contributed by atoms with Crippen molar-refractivity contribution in [3.8, 4) is 28.1 Å². The van der Waals surface area contributed by atoms with E-state index >= 15 is 0 Å². The second-order valence-electron chi connectivity index (χ2n) is 9.49. The van der Waals surface area contributed by atoms with Crippen molar-refractivity contribution >= 4 is 53.4 Å². The number of aromatic nitrogens is 3. The molecular weight excluding hydrogens is 482 g/mol. The van der Waals surface area contributed by atoms with Crippen LogP contribution >= 0.6 is 11.3 Å². The smallest absolute Gasteiger partial charge is 0.0971 e. The highest BCUT2D eigenvalue weighted by molar-refractivity contribution is 7.26. The molecule has 0 atom stereocenters. The molecule has 0 radical (unpaired) electrons. The van der Waals surface area contributed by atoms with Gasteiger partial charge in [0.05, 0.1) is 22.2 Å². The van der Waals surface area contributed by atoms with Crippen molar-refractivity contribution in [1.82, 2.24) is 14.5 Å². The zero-order valence-electron chi connectivity index (χ0n) is 20.4. The third-order valence-corrected chi connectivity index (χ3v) is 8.41. The molecular formula is C34H21N3S. The van der Waals surface area contributed by atoms with Crippen LogP contribution in [0.2, 0.25) is 0 Å². The van der Waals surface area contributed by atoms with Gasteiger partial charge in [-0.1, -0.05) is 66.7 Å². The lowest BCUT2D eigenvalue weighted by atomic mass is 10.1. The highest BCUT2D eigenvalue weighted by Gasteiger charge is 2.19. The number of nitrogens with zero attached hydrogens (tertiary/aromatic N) is 3. The van der Waals surface area contributed by atoms with Gasteiger partial charge >= 0.3 is 0 Å². The van der Waals surface area contributed by atoms with E-state index in [-0.39, 0.29) is 0 Å². The average Bonchev–Trinajstić information content (AvgIpc) is 3.53. The number of rotatable bonds is 3. The fourth-order valence-electron chi connectivity index (χ4n) is 5.57. The molecule has 0 spiro atoms. The van der Waals surface area contributed by atoms with Gasteiger partial charge in [-0.3, -0.25) is 4.98 Å². The summed E-state index contributed by atoms with van der Waals surface area (Å²) in [6.45, 7) is 0. The first-order valence-electron chi connectivity index (χ1n) is 12.7. The summed E-state index contributed by atoms with van der Waals surface area (Å²) in [7, 11) is 0. The minimum atomic E-state index is 0.983. The minimum Gasteiger partial charge on any atom is -0.307 e. The molecule has 0 aliphatic heterocycles. The maximum absolute atomic E-state index is 5.24. The highest BCUT2D eigenvalue weighted by atomic mass is 32.1. The Hall–Kier alpha value is -4.80. The predicted octanol–water partition coefficient (Wildman–Crippen LogP) is 9.28. The number of benzene rings is 4. The molecule has 4 aromatic carbocycles. The standard InChI is InChI=1S/C34H21N3S/c1-2-8-22(9-3-1)28-16-17-29-33(36-28)27-15-18-31-32(26-13-4-5-14-30(26)38-31)34(27)37(29)25-12-6-10-23(20-25)24-11-7-19-35-21-24/h1-21H. The number of fused-ring (bicyclic) bond motifs is 7. The Kier molecular flexibility index (Phi) is 4.69. The molecule has 0 aliphatic carbocycles. The topological polar surface area (TPSA) is 30.7 Å². The Morgan fingerprint density at radius 3 is 2.34 bits per heavy atom. The second-order valence-corrected chi connectivity index (χ2v) is 10.6. The summed E-state index contributed by atoms with van der Waals surface area (Å²) < 4.78 is 4.98. The monoisotopic (exact) mass is 503 g/mol. The fourth-order valence-corrected chi connectivity index (χ4v) is 6.68. The van der Waals surface area contributed by atoms with Gasteiger partial charge in [0.25, 0.3) is 0 Å². The normalized spacial score (nSPS) is 11.7. The van der Waals surface area contributed by atoms with Crippen LogP contribution in [0.4, 0.5) is 0 Å². The molecule has 0 saturated heterocycles. The molecule has 0 amide bonds. The molecule has 3 nitrogen and oxygen atoms in total. The third kappa shape index (κ3) is 3.21. The van der Waals surface area contributed by atoms with Gasteiger partial charge < -0.3 is 4.57 Å². The number of hydrogen-bond donors (Lipinski definition) is 0. The molecule has 4 aromatic heterocycles. The van der Waals surface area contributed by atoms with Gasteiger partial charge in [-0.2, -0.15) is 0 Å². The lowest BCUT2D eigenvalue weighted by Gasteiger charge is -2.11. The van der Waals surface area contributed by atoms with Crippen LogP contribution in [0.1, 0.15) is 0 Å². The van der Waals surface area contributed by atoms with Gasteiger partial charge in [0.1, 0.15) is 0 Å². The summed E-state index contributed by atoms with van der Waals surface area (Å²) >= 11 is 1.85.